The molecule has 0 bridgehead atoms. The van der Waals surface area contributed by atoms with E-state index in [1.165, 1.54) is 24.8 Å². The van der Waals surface area contributed by atoms with E-state index in [0.717, 1.165) is 15.7 Å². The van der Waals surface area contributed by atoms with E-state index in [-0.39, 0.29) is 17.1 Å². The van der Waals surface area contributed by atoms with Gasteiger partial charge < -0.3 is 4.57 Å². The Hall–Kier alpha value is -3.40. The average molecular weight is 486 g/mol. The van der Waals surface area contributed by atoms with E-state index in [9.17, 15) is 18.0 Å². The summed E-state index contributed by atoms with van der Waals surface area (Å²) < 4.78 is 41.8. The van der Waals surface area contributed by atoms with Gasteiger partial charge in [0.05, 0.1) is 12.3 Å². The normalized spacial score (nSPS) is 11.7. The molecule has 0 aliphatic heterocycles. The molecule has 6 nitrogen and oxygen atoms in total. The Morgan fingerprint density at radius 1 is 1.03 bits per heavy atom. The first-order valence-electron chi connectivity index (χ1n) is 10.5. The van der Waals surface area contributed by atoms with Gasteiger partial charge in [-0.2, -0.15) is 13.2 Å². The molecule has 176 valence electrons. The lowest BCUT2D eigenvalue weighted by Crippen LogP contribution is -2.19. The molecular weight excluding hydrogens is 463 g/mol. The predicted molar refractivity (Wildman–Crippen MR) is 124 cm³/mol. The third kappa shape index (κ3) is 5.39. The van der Waals surface area contributed by atoms with Crippen LogP contribution in [0.5, 0.6) is 0 Å². The number of Topliss-reactive ketones (excluding diaryl/α,β-unsaturated/α-hetero) is 1. The summed E-state index contributed by atoms with van der Waals surface area (Å²) in [7, 11) is 0. The van der Waals surface area contributed by atoms with Crippen LogP contribution in [0.3, 0.4) is 0 Å². The van der Waals surface area contributed by atoms with Crippen LogP contribution >= 0.6 is 11.8 Å². The van der Waals surface area contributed by atoms with Crippen LogP contribution in [0, 0.1) is 13.8 Å². The zero-order valence-corrected chi connectivity index (χ0v) is 19.4. The number of halogens is 3. The van der Waals surface area contributed by atoms with Crippen molar-refractivity contribution in [2.45, 2.75) is 38.3 Å². The highest BCUT2D eigenvalue weighted by atomic mass is 32.2. The molecule has 0 radical (unpaired) electrons. The molecule has 1 aromatic carbocycles. The molecule has 0 spiro atoms. The van der Waals surface area contributed by atoms with E-state index < -0.39 is 12.7 Å². The Labute approximate surface area is 198 Å². The minimum Gasteiger partial charge on any atom is -0.339 e. The van der Waals surface area contributed by atoms with Gasteiger partial charge in [-0.25, -0.2) is 0 Å². The first-order valence-corrected chi connectivity index (χ1v) is 11.5. The molecule has 4 aromatic rings. The van der Waals surface area contributed by atoms with Gasteiger partial charge in [0, 0.05) is 34.9 Å². The van der Waals surface area contributed by atoms with Crippen molar-refractivity contribution in [3.05, 3.63) is 83.4 Å². The van der Waals surface area contributed by atoms with E-state index in [1.807, 2.05) is 47.0 Å². The molecule has 4 rings (SSSR count). The number of alkyl halides is 3. The third-order valence-electron chi connectivity index (χ3n) is 5.36. The van der Waals surface area contributed by atoms with Crippen LogP contribution in [-0.4, -0.2) is 42.0 Å². The molecular formula is C24H22F3N5OS. The number of benzene rings is 1. The summed E-state index contributed by atoms with van der Waals surface area (Å²) in [5.74, 6) is 0.384. The molecule has 0 N–H and O–H groups in total. The summed E-state index contributed by atoms with van der Waals surface area (Å²) in [5, 5.41) is 9.15. The van der Waals surface area contributed by atoms with Crippen LogP contribution in [0.15, 0.2) is 66.1 Å². The van der Waals surface area contributed by atoms with Crippen LogP contribution in [0.25, 0.3) is 11.4 Å². The number of pyridine rings is 1. The molecule has 34 heavy (non-hydrogen) atoms. The van der Waals surface area contributed by atoms with E-state index in [2.05, 4.69) is 15.2 Å². The van der Waals surface area contributed by atoms with Gasteiger partial charge in [-0.15, -0.1) is 10.2 Å². The van der Waals surface area contributed by atoms with Crippen molar-refractivity contribution >= 4 is 17.5 Å². The van der Waals surface area contributed by atoms with E-state index >= 15 is 0 Å². The fraction of sp³-hybridized carbons (Fsp3) is 0.250. The molecule has 10 heteroatoms. The molecule has 0 atom stereocenters. The first kappa shape index (κ1) is 23.7. The Balaban J connectivity index is 1.58. The molecule has 0 unspecified atom stereocenters. The van der Waals surface area contributed by atoms with Gasteiger partial charge in [0.2, 0.25) is 0 Å². The number of hydrogen-bond donors (Lipinski definition) is 0. The maximum atomic E-state index is 12.9. The van der Waals surface area contributed by atoms with Crippen molar-refractivity contribution in [2.24, 2.45) is 0 Å². The minimum atomic E-state index is -4.36. The maximum absolute atomic E-state index is 12.9. The fourth-order valence-corrected chi connectivity index (χ4v) is 4.55. The smallest absolute Gasteiger partial charge is 0.339 e. The van der Waals surface area contributed by atoms with Crippen LogP contribution < -0.4 is 0 Å². The van der Waals surface area contributed by atoms with Crippen LogP contribution in [0.1, 0.15) is 27.3 Å². The summed E-state index contributed by atoms with van der Waals surface area (Å²) in [6, 6.07) is 15.0. The van der Waals surface area contributed by atoms with E-state index in [4.69, 9.17) is 0 Å². The van der Waals surface area contributed by atoms with Gasteiger partial charge in [0.15, 0.2) is 16.8 Å². The number of carbonyl (C=O) groups is 1. The average Bonchev–Trinajstić information content (AvgIpc) is 3.33. The largest absolute Gasteiger partial charge is 0.406 e. The molecule has 0 aliphatic carbocycles. The van der Waals surface area contributed by atoms with Crippen LogP contribution in [-0.2, 0) is 13.1 Å². The lowest BCUT2D eigenvalue weighted by Gasteiger charge is -2.12. The number of hydrogen-bond acceptors (Lipinski definition) is 5. The summed E-state index contributed by atoms with van der Waals surface area (Å²) in [5.41, 5.74) is 2.82. The van der Waals surface area contributed by atoms with Gasteiger partial charge in [0.25, 0.3) is 0 Å². The second kappa shape index (κ2) is 9.84. The molecule has 0 amide bonds. The van der Waals surface area contributed by atoms with Crippen molar-refractivity contribution in [1.29, 1.82) is 0 Å². The summed E-state index contributed by atoms with van der Waals surface area (Å²) in [6.45, 7) is 2.48. The van der Waals surface area contributed by atoms with Crippen LogP contribution in [0.2, 0.25) is 0 Å². The van der Waals surface area contributed by atoms with E-state index in [0.29, 0.717) is 28.9 Å². The number of rotatable bonds is 8. The van der Waals surface area contributed by atoms with Gasteiger partial charge in [-0.1, -0.05) is 42.1 Å². The monoisotopic (exact) mass is 485 g/mol. The maximum Gasteiger partial charge on any atom is 0.406 e. The summed E-state index contributed by atoms with van der Waals surface area (Å²) >= 11 is 1.21. The molecule has 0 fully saturated rings. The highest BCUT2D eigenvalue weighted by Crippen LogP contribution is 2.27. The topological polar surface area (TPSA) is 65.6 Å². The standard InChI is InChI=1S/C24H22F3N5OS/c1-16-11-20(17(2)32(16)15-24(25,26)27)21(33)14-34-23-30-29-22(19-9-6-10-28-12-19)31(23)13-18-7-4-3-5-8-18/h3-12H,13-15H2,1-2H3. The Bertz CT molecular complexity index is 1280. The quantitative estimate of drug-likeness (QED) is 0.249. The lowest BCUT2D eigenvalue weighted by molar-refractivity contribution is -0.141. The highest BCUT2D eigenvalue weighted by molar-refractivity contribution is 7.99. The molecule has 3 aromatic heterocycles. The van der Waals surface area contributed by atoms with Gasteiger partial charge >= 0.3 is 6.18 Å². The van der Waals surface area contributed by atoms with Crippen molar-refractivity contribution in [2.75, 3.05) is 5.75 Å². The number of nitrogens with zero attached hydrogens (tertiary/aromatic N) is 5. The fourth-order valence-electron chi connectivity index (χ4n) is 3.73. The number of aromatic nitrogens is 5. The van der Waals surface area contributed by atoms with Gasteiger partial charge in [-0.05, 0) is 37.6 Å². The molecule has 0 saturated carbocycles. The van der Waals surface area contributed by atoms with Crippen molar-refractivity contribution in [3.63, 3.8) is 0 Å². The molecule has 3 heterocycles. The highest BCUT2D eigenvalue weighted by Gasteiger charge is 2.30. The zero-order valence-electron chi connectivity index (χ0n) is 18.6. The lowest BCUT2D eigenvalue weighted by atomic mass is 10.2. The Morgan fingerprint density at radius 3 is 2.47 bits per heavy atom. The van der Waals surface area contributed by atoms with Crippen molar-refractivity contribution in [3.8, 4) is 11.4 Å². The number of carbonyl (C=O) groups excluding carboxylic acids is 1. The van der Waals surface area contributed by atoms with Gasteiger partial charge in [0.1, 0.15) is 6.54 Å². The first-order chi connectivity index (χ1) is 16.2. The zero-order chi connectivity index (χ0) is 24.3. The number of ketones is 1. The van der Waals surface area contributed by atoms with Crippen molar-refractivity contribution in [1.82, 2.24) is 24.3 Å². The SMILES string of the molecule is Cc1cc(C(=O)CSc2nnc(-c3cccnc3)n2Cc2ccccc2)c(C)n1CC(F)(F)F. The number of aryl methyl sites for hydroxylation is 1. The third-order valence-corrected chi connectivity index (χ3v) is 6.33. The van der Waals surface area contributed by atoms with E-state index in [1.54, 1.807) is 19.3 Å². The Morgan fingerprint density at radius 2 is 1.79 bits per heavy atom. The molecule has 0 aliphatic rings. The molecule has 0 saturated heterocycles. The Kier molecular flexibility index (Phi) is 6.87. The van der Waals surface area contributed by atoms with Crippen molar-refractivity contribution < 1.29 is 18.0 Å². The summed E-state index contributed by atoms with van der Waals surface area (Å²) in [4.78, 5) is 17.1. The predicted octanol–water partition coefficient (Wildman–Crippen LogP) is 5.34. The van der Waals surface area contributed by atoms with Crippen LogP contribution in [0.4, 0.5) is 13.2 Å². The number of thioether (sulfide) groups is 1. The summed E-state index contributed by atoms with van der Waals surface area (Å²) in [6.07, 6.45) is -0.994. The second-order valence-electron chi connectivity index (χ2n) is 7.82. The van der Waals surface area contributed by atoms with Gasteiger partial charge in [-0.3, -0.25) is 14.3 Å². The second-order valence-corrected chi connectivity index (χ2v) is 8.76. The minimum absolute atomic E-state index is 0.0241.